The fourth-order valence-corrected chi connectivity index (χ4v) is 2.36. The Kier molecular flexibility index (Phi) is 4.52. The summed E-state index contributed by atoms with van der Waals surface area (Å²) in [5.41, 5.74) is 1.80. The maximum atomic E-state index is 12.1. The number of carbonyl (C=O) groups excluding carboxylic acids is 1. The quantitative estimate of drug-likeness (QED) is 0.839. The molecular formula is C13H15IN4O. The van der Waals surface area contributed by atoms with Crippen molar-refractivity contribution >= 4 is 28.5 Å². The van der Waals surface area contributed by atoms with Crippen molar-refractivity contribution < 1.29 is 4.79 Å². The topological polar surface area (TPSA) is 59.8 Å². The standard InChI is InChI=1S/C13H15IN4O/c1-3-18-8-16-17-11(18)7-15-13(19)10-6-4-5-9(2)12(10)14/h4-6,8H,3,7H2,1-2H3,(H,15,19). The van der Waals surface area contributed by atoms with E-state index < -0.39 is 0 Å². The Morgan fingerprint density at radius 1 is 1.47 bits per heavy atom. The molecule has 1 aromatic carbocycles. The summed E-state index contributed by atoms with van der Waals surface area (Å²) in [5.74, 6) is 0.678. The van der Waals surface area contributed by atoms with Crippen LogP contribution >= 0.6 is 22.6 Å². The Labute approximate surface area is 125 Å². The number of nitrogens with zero attached hydrogens (tertiary/aromatic N) is 3. The molecule has 1 aromatic heterocycles. The van der Waals surface area contributed by atoms with E-state index in [9.17, 15) is 4.79 Å². The first-order valence-electron chi connectivity index (χ1n) is 6.03. The van der Waals surface area contributed by atoms with E-state index in [1.807, 2.05) is 36.6 Å². The van der Waals surface area contributed by atoms with Gasteiger partial charge in [0.1, 0.15) is 6.33 Å². The zero-order chi connectivity index (χ0) is 13.8. The van der Waals surface area contributed by atoms with Crippen molar-refractivity contribution in [3.05, 3.63) is 45.0 Å². The molecule has 1 amide bonds. The molecule has 2 rings (SSSR count). The summed E-state index contributed by atoms with van der Waals surface area (Å²) >= 11 is 2.19. The van der Waals surface area contributed by atoms with Crippen molar-refractivity contribution in [1.82, 2.24) is 20.1 Å². The average molecular weight is 370 g/mol. The summed E-state index contributed by atoms with van der Waals surface area (Å²) in [5, 5.41) is 10.7. The number of benzene rings is 1. The number of nitrogens with one attached hydrogen (secondary N) is 1. The van der Waals surface area contributed by atoms with Gasteiger partial charge in [0.25, 0.3) is 5.91 Å². The van der Waals surface area contributed by atoms with Gasteiger partial charge in [-0.1, -0.05) is 12.1 Å². The monoisotopic (exact) mass is 370 g/mol. The lowest BCUT2D eigenvalue weighted by molar-refractivity contribution is 0.0948. The van der Waals surface area contributed by atoms with Crippen molar-refractivity contribution in [2.45, 2.75) is 26.9 Å². The first-order chi connectivity index (χ1) is 9.13. The molecule has 5 nitrogen and oxygen atoms in total. The van der Waals surface area contributed by atoms with Crippen LogP contribution in [0.5, 0.6) is 0 Å². The number of hydrogen-bond acceptors (Lipinski definition) is 3. The van der Waals surface area contributed by atoms with Gasteiger partial charge in [0, 0.05) is 10.1 Å². The van der Waals surface area contributed by atoms with Gasteiger partial charge in [-0.3, -0.25) is 4.79 Å². The number of halogens is 1. The summed E-state index contributed by atoms with van der Waals surface area (Å²) in [4.78, 5) is 12.1. The lowest BCUT2D eigenvalue weighted by atomic mass is 10.1. The Balaban J connectivity index is 2.08. The molecule has 1 heterocycles. The van der Waals surface area contributed by atoms with E-state index in [1.165, 1.54) is 0 Å². The van der Waals surface area contributed by atoms with Crippen LogP contribution in [-0.2, 0) is 13.1 Å². The SMILES string of the molecule is CCn1cnnc1CNC(=O)c1cccc(C)c1I. The second-order valence-electron chi connectivity index (χ2n) is 4.15. The molecule has 0 bridgehead atoms. The van der Waals surface area contributed by atoms with Crippen LogP contribution < -0.4 is 5.32 Å². The number of aryl methyl sites for hydroxylation is 2. The van der Waals surface area contributed by atoms with Gasteiger partial charge in [0.05, 0.1) is 12.1 Å². The van der Waals surface area contributed by atoms with Crippen LogP contribution in [0.4, 0.5) is 0 Å². The van der Waals surface area contributed by atoms with Crippen molar-refractivity contribution in [1.29, 1.82) is 0 Å². The van der Waals surface area contributed by atoms with Gasteiger partial charge in [-0.2, -0.15) is 0 Å². The minimum absolute atomic E-state index is 0.0845. The summed E-state index contributed by atoms with van der Waals surface area (Å²) in [6, 6.07) is 5.71. The Morgan fingerprint density at radius 3 is 3.00 bits per heavy atom. The molecular weight excluding hydrogens is 355 g/mol. The van der Waals surface area contributed by atoms with Gasteiger partial charge in [0.15, 0.2) is 5.82 Å². The third-order valence-corrected chi connectivity index (χ3v) is 4.31. The zero-order valence-corrected chi connectivity index (χ0v) is 13.0. The first-order valence-corrected chi connectivity index (χ1v) is 7.11. The lowest BCUT2D eigenvalue weighted by Crippen LogP contribution is -2.25. The van der Waals surface area contributed by atoms with Crippen molar-refractivity contribution in [3.8, 4) is 0 Å². The number of carbonyl (C=O) groups is 1. The van der Waals surface area contributed by atoms with Crippen molar-refractivity contribution in [2.75, 3.05) is 0 Å². The zero-order valence-electron chi connectivity index (χ0n) is 10.9. The molecule has 0 atom stereocenters. The van der Waals surface area contributed by atoms with Crippen LogP contribution in [0.1, 0.15) is 28.7 Å². The van der Waals surface area contributed by atoms with E-state index in [2.05, 4.69) is 38.1 Å². The molecule has 0 aliphatic rings. The summed E-state index contributed by atoms with van der Waals surface area (Å²) in [6.07, 6.45) is 1.66. The average Bonchev–Trinajstić information content (AvgIpc) is 2.86. The number of aromatic nitrogens is 3. The lowest BCUT2D eigenvalue weighted by Gasteiger charge is -2.08. The van der Waals surface area contributed by atoms with Gasteiger partial charge in [-0.25, -0.2) is 0 Å². The van der Waals surface area contributed by atoms with E-state index in [-0.39, 0.29) is 5.91 Å². The Bertz CT molecular complexity index is 594. The molecule has 19 heavy (non-hydrogen) atoms. The molecule has 0 saturated carbocycles. The van der Waals surface area contributed by atoms with Gasteiger partial charge >= 0.3 is 0 Å². The summed E-state index contributed by atoms with van der Waals surface area (Å²) in [7, 11) is 0. The van der Waals surface area contributed by atoms with E-state index in [0.29, 0.717) is 12.1 Å². The molecule has 0 aliphatic heterocycles. The smallest absolute Gasteiger partial charge is 0.252 e. The number of rotatable bonds is 4. The molecule has 0 unspecified atom stereocenters. The molecule has 2 aromatic rings. The molecule has 0 fully saturated rings. The molecule has 0 radical (unpaired) electrons. The van der Waals surface area contributed by atoms with Crippen LogP contribution in [0.15, 0.2) is 24.5 Å². The second kappa shape index (κ2) is 6.14. The summed E-state index contributed by atoms with van der Waals surface area (Å²) in [6.45, 7) is 5.18. The Morgan fingerprint density at radius 2 is 2.26 bits per heavy atom. The van der Waals surface area contributed by atoms with Gasteiger partial charge < -0.3 is 9.88 Å². The van der Waals surface area contributed by atoms with Crippen LogP contribution in [0, 0.1) is 10.5 Å². The number of hydrogen-bond donors (Lipinski definition) is 1. The predicted octanol–water partition coefficient (Wildman–Crippen LogP) is 2.14. The highest BCUT2D eigenvalue weighted by Crippen LogP contribution is 2.16. The molecule has 0 spiro atoms. The van der Waals surface area contributed by atoms with Crippen molar-refractivity contribution in [3.63, 3.8) is 0 Å². The largest absolute Gasteiger partial charge is 0.345 e. The highest BCUT2D eigenvalue weighted by atomic mass is 127. The molecule has 100 valence electrons. The fraction of sp³-hybridized carbons (Fsp3) is 0.308. The Hall–Kier alpha value is -1.44. The summed E-state index contributed by atoms with van der Waals surface area (Å²) < 4.78 is 2.89. The van der Waals surface area contributed by atoms with Crippen LogP contribution in [-0.4, -0.2) is 20.7 Å². The third-order valence-electron chi connectivity index (χ3n) is 2.88. The van der Waals surface area contributed by atoms with E-state index in [4.69, 9.17) is 0 Å². The van der Waals surface area contributed by atoms with E-state index in [0.717, 1.165) is 21.5 Å². The van der Waals surface area contributed by atoms with Gasteiger partial charge in [-0.15, -0.1) is 10.2 Å². The molecule has 6 heteroatoms. The van der Waals surface area contributed by atoms with Gasteiger partial charge in [-0.05, 0) is 48.1 Å². The maximum Gasteiger partial charge on any atom is 0.252 e. The minimum Gasteiger partial charge on any atom is -0.345 e. The molecule has 0 aliphatic carbocycles. The molecule has 1 N–H and O–H groups in total. The predicted molar refractivity (Wildman–Crippen MR) is 80.8 cm³/mol. The van der Waals surface area contributed by atoms with Gasteiger partial charge in [0.2, 0.25) is 0 Å². The third kappa shape index (κ3) is 3.12. The van der Waals surface area contributed by atoms with E-state index in [1.54, 1.807) is 6.33 Å². The number of amides is 1. The highest BCUT2D eigenvalue weighted by molar-refractivity contribution is 14.1. The normalized spacial score (nSPS) is 10.5. The minimum atomic E-state index is -0.0845. The fourth-order valence-electron chi connectivity index (χ4n) is 1.76. The maximum absolute atomic E-state index is 12.1. The second-order valence-corrected chi connectivity index (χ2v) is 5.23. The van der Waals surface area contributed by atoms with Crippen molar-refractivity contribution in [2.24, 2.45) is 0 Å². The van der Waals surface area contributed by atoms with Crippen LogP contribution in [0.3, 0.4) is 0 Å². The highest BCUT2D eigenvalue weighted by Gasteiger charge is 2.12. The van der Waals surface area contributed by atoms with Crippen LogP contribution in [0.25, 0.3) is 0 Å². The molecule has 0 saturated heterocycles. The first kappa shape index (κ1) is 14.0. The van der Waals surface area contributed by atoms with E-state index >= 15 is 0 Å². The van der Waals surface area contributed by atoms with Crippen LogP contribution in [0.2, 0.25) is 0 Å².